The number of thioether (sulfide) groups is 1. The SMILES string of the molecule is COc1cc(Br)c(CCNC(=O)[C@H]2Cc3ccccc3S2)cc1OC. The summed E-state index contributed by atoms with van der Waals surface area (Å²) in [5.41, 5.74) is 2.33. The Kier molecular flexibility index (Phi) is 5.91. The Balaban J connectivity index is 1.56. The molecule has 1 aliphatic rings. The highest BCUT2D eigenvalue weighted by atomic mass is 79.9. The molecule has 1 aliphatic heterocycles. The Morgan fingerprint density at radius 3 is 2.68 bits per heavy atom. The molecule has 0 bridgehead atoms. The van der Waals surface area contributed by atoms with Crippen LogP contribution in [0.15, 0.2) is 45.8 Å². The average molecular weight is 422 g/mol. The third-order valence-electron chi connectivity index (χ3n) is 4.19. The minimum Gasteiger partial charge on any atom is -0.493 e. The first-order chi connectivity index (χ1) is 12.1. The van der Waals surface area contributed by atoms with E-state index in [-0.39, 0.29) is 11.2 Å². The molecular formula is C19H20BrNO3S. The summed E-state index contributed by atoms with van der Waals surface area (Å²) in [5, 5.41) is 3.01. The Morgan fingerprint density at radius 1 is 1.24 bits per heavy atom. The van der Waals surface area contributed by atoms with Gasteiger partial charge >= 0.3 is 0 Å². The van der Waals surface area contributed by atoms with Gasteiger partial charge < -0.3 is 14.8 Å². The molecule has 1 N–H and O–H groups in total. The molecular weight excluding hydrogens is 402 g/mol. The summed E-state index contributed by atoms with van der Waals surface area (Å²) in [6, 6.07) is 12.0. The van der Waals surface area contributed by atoms with Crippen LogP contribution in [0.2, 0.25) is 0 Å². The normalized spacial score (nSPS) is 15.6. The predicted octanol–water partition coefficient (Wildman–Crippen LogP) is 3.84. The Hall–Kier alpha value is -1.66. The van der Waals surface area contributed by atoms with E-state index in [1.54, 1.807) is 26.0 Å². The molecule has 2 aromatic carbocycles. The summed E-state index contributed by atoms with van der Waals surface area (Å²) in [5.74, 6) is 1.47. The molecule has 0 fully saturated rings. The number of hydrogen-bond acceptors (Lipinski definition) is 4. The van der Waals surface area contributed by atoms with Crippen molar-refractivity contribution in [2.75, 3.05) is 20.8 Å². The Labute approximate surface area is 160 Å². The largest absolute Gasteiger partial charge is 0.493 e. The molecule has 1 atom stereocenters. The Bertz CT molecular complexity index is 756. The first-order valence-electron chi connectivity index (χ1n) is 8.05. The molecule has 132 valence electrons. The predicted molar refractivity (Wildman–Crippen MR) is 104 cm³/mol. The summed E-state index contributed by atoms with van der Waals surface area (Å²) in [6.45, 7) is 0.584. The van der Waals surface area contributed by atoms with Gasteiger partial charge in [-0.05, 0) is 42.2 Å². The van der Waals surface area contributed by atoms with Crippen LogP contribution in [0.5, 0.6) is 11.5 Å². The zero-order valence-electron chi connectivity index (χ0n) is 14.2. The summed E-state index contributed by atoms with van der Waals surface area (Å²) in [4.78, 5) is 13.6. The maximum absolute atomic E-state index is 12.4. The van der Waals surface area contributed by atoms with Crippen molar-refractivity contribution in [2.45, 2.75) is 23.0 Å². The van der Waals surface area contributed by atoms with Crippen LogP contribution in [0.3, 0.4) is 0 Å². The van der Waals surface area contributed by atoms with Gasteiger partial charge in [-0.25, -0.2) is 0 Å². The molecule has 4 nitrogen and oxygen atoms in total. The van der Waals surface area contributed by atoms with E-state index in [1.165, 1.54) is 10.5 Å². The molecule has 0 radical (unpaired) electrons. The maximum atomic E-state index is 12.4. The highest BCUT2D eigenvalue weighted by molar-refractivity contribution is 9.10. The van der Waals surface area contributed by atoms with Crippen molar-refractivity contribution in [1.29, 1.82) is 0 Å². The lowest BCUT2D eigenvalue weighted by Gasteiger charge is -2.13. The first kappa shape index (κ1) is 18.1. The minimum atomic E-state index is -0.0359. The minimum absolute atomic E-state index is 0.0359. The van der Waals surface area contributed by atoms with Gasteiger partial charge in [0.2, 0.25) is 5.91 Å². The van der Waals surface area contributed by atoms with Crippen molar-refractivity contribution < 1.29 is 14.3 Å². The van der Waals surface area contributed by atoms with E-state index in [0.29, 0.717) is 18.0 Å². The molecule has 1 amide bonds. The number of nitrogens with one attached hydrogen (secondary N) is 1. The highest BCUT2D eigenvalue weighted by Gasteiger charge is 2.27. The van der Waals surface area contributed by atoms with Crippen molar-refractivity contribution >= 4 is 33.6 Å². The van der Waals surface area contributed by atoms with Crippen LogP contribution in [-0.2, 0) is 17.6 Å². The summed E-state index contributed by atoms with van der Waals surface area (Å²) in [7, 11) is 3.23. The van der Waals surface area contributed by atoms with Crippen LogP contribution in [0.4, 0.5) is 0 Å². The fourth-order valence-electron chi connectivity index (χ4n) is 2.85. The molecule has 0 unspecified atom stereocenters. The van der Waals surface area contributed by atoms with Crippen molar-refractivity contribution in [3.05, 3.63) is 52.0 Å². The average Bonchev–Trinajstić information content (AvgIpc) is 3.06. The maximum Gasteiger partial charge on any atom is 0.233 e. The zero-order valence-corrected chi connectivity index (χ0v) is 16.6. The van der Waals surface area contributed by atoms with Crippen molar-refractivity contribution in [3.8, 4) is 11.5 Å². The molecule has 0 saturated heterocycles. The quantitative estimate of drug-likeness (QED) is 0.769. The fourth-order valence-corrected chi connectivity index (χ4v) is 4.59. The molecule has 0 saturated carbocycles. The second-order valence-corrected chi connectivity index (χ2v) is 7.86. The number of carbonyl (C=O) groups excluding carboxylic acids is 1. The molecule has 6 heteroatoms. The monoisotopic (exact) mass is 421 g/mol. The second-order valence-electron chi connectivity index (χ2n) is 5.76. The van der Waals surface area contributed by atoms with Crippen LogP contribution >= 0.6 is 27.7 Å². The number of rotatable bonds is 6. The van der Waals surface area contributed by atoms with Crippen LogP contribution in [0, 0.1) is 0 Å². The summed E-state index contributed by atoms with van der Waals surface area (Å²) < 4.78 is 11.6. The van der Waals surface area contributed by atoms with Gasteiger partial charge in [0.25, 0.3) is 0 Å². The third-order valence-corrected chi connectivity index (χ3v) is 6.24. The molecule has 0 aromatic heterocycles. The smallest absolute Gasteiger partial charge is 0.233 e. The lowest BCUT2D eigenvalue weighted by Crippen LogP contribution is -2.33. The number of halogens is 1. The first-order valence-corrected chi connectivity index (χ1v) is 9.72. The van der Waals surface area contributed by atoms with Gasteiger partial charge in [-0.1, -0.05) is 34.1 Å². The molecule has 0 aliphatic carbocycles. The lowest BCUT2D eigenvalue weighted by molar-refractivity contribution is -0.120. The van der Waals surface area contributed by atoms with E-state index in [2.05, 4.69) is 33.4 Å². The van der Waals surface area contributed by atoms with E-state index in [0.717, 1.165) is 22.9 Å². The van der Waals surface area contributed by atoms with Crippen molar-refractivity contribution in [1.82, 2.24) is 5.32 Å². The zero-order chi connectivity index (χ0) is 17.8. The topological polar surface area (TPSA) is 47.6 Å². The number of amides is 1. The lowest BCUT2D eigenvalue weighted by atomic mass is 10.1. The van der Waals surface area contributed by atoms with E-state index in [9.17, 15) is 4.79 Å². The Morgan fingerprint density at radius 2 is 1.96 bits per heavy atom. The van der Waals surface area contributed by atoms with Crippen molar-refractivity contribution in [3.63, 3.8) is 0 Å². The fraction of sp³-hybridized carbons (Fsp3) is 0.316. The number of methoxy groups -OCH3 is 2. The molecule has 3 rings (SSSR count). The molecule has 1 heterocycles. The van der Waals surface area contributed by atoms with E-state index < -0.39 is 0 Å². The van der Waals surface area contributed by atoms with Gasteiger partial charge in [-0.15, -0.1) is 11.8 Å². The van der Waals surface area contributed by atoms with Crippen LogP contribution in [0.1, 0.15) is 11.1 Å². The van der Waals surface area contributed by atoms with Gasteiger partial charge in [0.05, 0.1) is 19.5 Å². The van der Waals surface area contributed by atoms with Crippen LogP contribution in [0.25, 0.3) is 0 Å². The van der Waals surface area contributed by atoms with Gasteiger partial charge in [-0.2, -0.15) is 0 Å². The number of benzene rings is 2. The summed E-state index contributed by atoms with van der Waals surface area (Å²) in [6.07, 6.45) is 1.52. The molecule has 2 aromatic rings. The number of fused-ring (bicyclic) bond motifs is 1. The van der Waals surface area contributed by atoms with Crippen molar-refractivity contribution in [2.24, 2.45) is 0 Å². The highest BCUT2D eigenvalue weighted by Crippen LogP contribution is 2.37. The molecule has 25 heavy (non-hydrogen) atoms. The summed E-state index contributed by atoms with van der Waals surface area (Å²) >= 11 is 5.20. The second kappa shape index (κ2) is 8.15. The molecule has 0 spiro atoms. The van der Waals surface area contributed by atoms with Gasteiger partial charge in [0.1, 0.15) is 0 Å². The van der Waals surface area contributed by atoms with E-state index in [4.69, 9.17) is 9.47 Å². The number of ether oxygens (including phenoxy) is 2. The van der Waals surface area contributed by atoms with Crippen LogP contribution < -0.4 is 14.8 Å². The van der Waals surface area contributed by atoms with Crippen LogP contribution in [-0.4, -0.2) is 31.9 Å². The van der Waals surface area contributed by atoms with Gasteiger partial charge in [-0.3, -0.25) is 4.79 Å². The third kappa shape index (κ3) is 4.12. The standard InChI is InChI=1S/C19H20BrNO3S/c1-23-15-9-12(14(20)11-16(15)24-2)7-8-21-19(22)18-10-13-5-3-4-6-17(13)25-18/h3-6,9,11,18H,7-8,10H2,1-2H3,(H,21,22)/t18-/m1/s1. The van der Waals surface area contributed by atoms with E-state index in [1.807, 2.05) is 24.3 Å². The van der Waals surface area contributed by atoms with E-state index >= 15 is 0 Å². The van der Waals surface area contributed by atoms with Gasteiger partial charge in [0, 0.05) is 15.9 Å². The number of carbonyl (C=O) groups is 1. The van der Waals surface area contributed by atoms with Gasteiger partial charge in [0.15, 0.2) is 11.5 Å². The number of hydrogen-bond donors (Lipinski definition) is 1.